The van der Waals surface area contributed by atoms with Crippen molar-refractivity contribution in [3.63, 3.8) is 0 Å². The minimum absolute atomic E-state index is 0.120. The van der Waals surface area contributed by atoms with Gasteiger partial charge >= 0.3 is 0 Å². The number of benzene rings is 3. The van der Waals surface area contributed by atoms with Crippen molar-refractivity contribution in [1.82, 2.24) is 20.6 Å². The van der Waals surface area contributed by atoms with E-state index in [1.54, 1.807) is 24.2 Å². The van der Waals surface area contributed by atoms with Crippen molar-refractivity contribution < 1.29 is 14.7 Å². The molecule has 0 bridgehead atoms. The monoisotopic (exact) mass is 580 g/mol. The van der Waals surface area contributed by atoms with Crippen LogP contribution < -0.4 is 20.9 Å². The highest BCUT2D eigenvalue weighted by atomic mass is 16.3. The summed E-state index contributed by atoms with van der Waals surface area (Å²) in [5, 5.41) is 19.2. The highest BCUT2D eigenvalue weighted by Gasteiger charge is 2.32. The lowest BCUT2D eigenvalue weighted by Crippen LogP contribution is -2.51. The molecule has 1 aliphatic heterocycles. The van der Waals surface area contributed by atoms with Gasteiger partial charge in [-0.05, 0) is 62.4 Å². The maximum Gasteiger partial charge on any atom is 0.249 e. The van der Waals surface area contributed by atoms with Gasteiger partial charge in [0.1, 0.15) is 6.04 Å². The topological polar surface area (TPSA) is 122 Å². The number of aromatic nitrogens is 2. The zero-order chi connectivity index (χ0) is 30.4. The van der Waals surface area contributed by atoms with Gasteiger partial charge in [-0.2, -0.15) is 0 Å². The summed E-state index contributed by atoms with van der Waals surface area (Å²) in [6, 6.07) is 23.6. The number of fused-ring (bicyclic) bond motifs is 1. The molecule has 2 amide bonds. The normalized spacial score (nSPS) is 15.9. The predicted molar refractivity (Wildman–Crippen MR) is 170 cm³/mol. The van der Waals surface area contributed by atoms with E-state index in [1.165, 1.54) is 0 Å². The molecule has 0 saturated carbocycles. The van der Waals surface area contributed by atoms with E-state index in [0.29, 0.717) is 31.9 Å². The quantitative estimate of drug-likeness (QED) is 0.172. The predicted octanol–water partition coefficient (Wildman–Crippen LogP) is 4.92. The van der Waals surface area contributed by atoms with E-state index in [0.717, 1.165) is 33.6 Å². The second kappa shape index (κ2) is 13.2. The summed E-state index contributed by atoms with van der Waals surface area (Å²) in [6.07, 6.45) is 4.36. The minimum Gasteiger partial charge on any atom is -0.392 e. The van der Waals surface area contributed by atoms with Crippen LogP contribution in [0.5, 0.6) is 0 Å². The van der Waals surface area contributed by atoms with Crippen LogP contribution in [0.4, 0.5) is 17.3 Å². The first-order chi connectivity index (χ1) is 20.7. The summed E-state index contributed by atoms with van der Waals surface area (Å²) in [4.78, 5) is 36.2. The Morgan fingerprint density at radius 2 is 1.84 bits per heavy atom. The maximum absolute atomic E-state index is 14.0. The van der Waals surface area contributed by atoms with E-state index in [4.69, 9.17) is 0 Å². The number of anilines is 3. The number of β-amino-alcohol motifs (C(OH)–C–C–N with tert-alkyl or cyclic N) is 1. The van der Waals surface area contributed by atoms with E-state index in [2.05, 4.69) is 50.2 Å². The molecule has 0 spiro atoms. The van der Waals surface area contributed by atoms with Gasteiger partial charge in [0, 0.05) is 47.8 Å². The molecule has 1 aromatic heterocycles. The zero-order valence-corrected chi connectivity index (χ0v) is 24.9. The number of nitrogens with one attached hydrogen (secondary N) is 4. The lowest BCUT2D eigenvalue weighted by molar-refractivity contribution is -0.128. The highest BCUT2D eigenvalue weighted by Crippen LogP contribution is 2.32. The Bertz CT molecular complexity index is 1530. The molecule has 224 valence electrons. The van der Waals surface area contributed by atoms with Gasteiger partial charge in [0.25, 0.3) is 0 Å². The Hall–Kier alpha value is -4.47. The third-order valence-electron chi connectivity index (χ3n) is 7.65. The summed E-state index contributed by atoms with van der Waals surface area (Å²) in [5.41, 5.74) is 5.43. The highest BCUT2D eigenvalue weighted by molar-refractivity contribution is 6.00. The van der Waals surface area contributed by atoms with Crippen molar-refractivity contribution in [2.45, 2.75) is 64.3 Å². The molecule has 0 radical (unpaired) electrons. The van der Waals surface area contributed by atoms with Crippen molar-refractivity contribution in [2.24, 2.45) is 0 Å². The Labute approximate surface area is 252 Å². The average Bonchev–Trinajstić information content (AvgIpc) is 3.46. The van der Waals surface area contributed by atoms with Crippen molar-refractivity contribution >= 4 is 29.1 Å². The second-order valence-corrected chi connectivity index (χ2v) is 11.8. The van der Waals surface area contributed by atoms with Crippen molar-refractivity contribution in [3.05, 3.63) is 96.3 Å². The summed E-state index contributed by atoms with van der Waals surface area (Å²) < 4.78 is 0. The fourth-order valence-corrected chi connectivity index (χ4v) is 5.42. The number of carbonyl (C=O) groups excluding carboxylic acids is 2. The first-order valence-corrected chi connectivity index (χ1v) is 14.7. The molecule has 3 aromatic carbocycles. The molecule has 0 unspecified atom stereocenters. The molecule has 0 saturated heterocycles. The third-order valence-corrected chi connectivity index (χ3v) is 7.65. The van der Waals surface area contributed by atoms with Crippen molar-refractivity contribution in [1.29, 1.82) is 0 Å². The van der Waals surface area contributed by atoms with Crippen LogP contribution in [0.25, 0.3) is 11.1 Å². The number of H-pyrrole nitrogens is 1. The standard InChI is InChI=1S/C34H40N6O3/c1-23(41)21-37-34(2,3)20-31(42)38-29-17-16-26-8-4-7-11-30(26)40(32(29)43)22-24-12-14-25(15-13-24)27-9-5-6-10-28(27)39-33-35-18-19-36-33/h4-15,18-19,23,29,37,41H,16-17,20-22H2,1-3H3,(H,38,42)(H2,35,36,39)/t23-,29-/m1/s1. The number of amides is 2. The largest absolute Gasteiger partial charge is 0.392 e. The van der Waals surface area contributed by atoms with Crippen LogP contribution in [0.1, 0.15) is 44.7 Å². The summed E-state index contributed by atoms with van der Waals surface area (Å²) in [6.45, 7) is 6.31. The molecule has 2 heterocycles. The van der Waals surface area contributed by atoms with Gasteiger partial charge in [-0.3, -0.25) is 9.59 Å². The van der Waals surface area contributed by atoms with Crippen LogP contribution in [-0.4, -0.2) is 51.1 Å². The Morgan fingerprint density at radius 1 is 1.09 bits per heavy atom. The van der Waals surface area contributed by atoms with Crippen molar-refractivity contribution in [2.75, 3.05) is 16.8 Å². The number of para-hydroxylation sites is 2. The number of aryl methyl sites for hydroxylation is 1. The average molecular weight is 581 g/mol. The first kappa shape index (κ1) is 30.0. The van der Waals surface area contributed by atoms with Gasteiger partial charge in [0.05, 0.1) is 12.6 Å². The van der Waals surface area contributed by atoms with Gasteiger partial charge < -0.3 is 30.9 Å². The first-order valence-electron chi connectivity index (χ1n) is 14.7. The summed E-state index contributed by atoms with van der Waals surface area (Å²) in [7, 11) is 0. The number of nitrogens with zero attached hydrogens (tertiary/aromatic N) is 2. The molecule has 1 aliphatic rings. The number of aliphatic hydroxyl groups excluding tert-OH is 1. The van der Waals surface area contributed by atoms with Crippen LogP contribution in [0.3, 0.4) is 0 Å². The number of aliphatic hydroxyl groups is 1. The van der Waals surface area contributed by atoms with E-state index < -0.39 is 17.7 Å². The number of hydrogen-bond donors (Lipinski definition) is 5. The third kappa shape index (κ3) is 7.68. The number of imidazole rings is 1. The van der Waals surface area contributed by atoms with Crippen LogP contribution in [0.15, 0.2) is 85.2 Å². The number of aromatic amines is 1. The Morgan fingerprint density at radius 3 is 2.58 bits per heavy atom. The fraction of sp³-hybridized carbons (Fsp3) is 0.324. The minimum atomic E-state index is -0.633. The molecule has 4 aromatic rings. The summed E-state index contributed by atoms with van der Waals surface area (Å²) >= 11 is 0. The fourth-order valence-electron chi connectivity index (χ4n) is 5.42. The molecule has 43 heavy (non-hydrogen) atoms. The Balaban J connectivity index is 1.33. The van der Waals surface area contributed by atoms with Gasteiger partial charge in [-0.1, -0.05) is 60.7 Å². The number of rotatable bonds is 11. The van der Waals surface area contributed by atoms with Crippen LogP contribution in [-0.2, 0) is 22.6 Å². The van der Waals surface area contributed by atoms with Crippen molar-refractivity contribution in [3.8, 4) is 11.1 Å². The van der Waals surface area contributed by atoms with E-state index in [1.807, 2.05) is 62.4 Å². The molecular weight excluding hydrogens is 540 g/mol. The molecule has 9 nitrogen and oxygen atoms in total. The SMILES string of the molecule is C[C@@H](O)CNC(C)(C)CC(=O)N[C@@H]1CCc2ccccc2N(Cc2ccc(-c3ccccc3Nc3ncc[nH]3)cc2)C1=O. The second-order valence-electron chi connectivity index (χ2n) is 11.8. The van der Waals surface area contributed by atoms with Gasteiger partial charge in [0.15, 0.2) is 0 Å². The van der Waals surface area contributed by atoms with E-state index in [-0.39, 0.29) is 18.2 Å². The zero-order valence-electron chi connectivity index (χ0n) is 24.9. The molecule has 5 rings (SSSR count). The van der Waals surface area contributed by atoms with Gasteiger partial charge in [-0.25, -0.2) is 4.98 Å². The van der Waals surface area contributed by atoms with E-state index >= 15 is 0 Å². The molecule has 5 N–H and O–H groups in total. The molecular formula is C34H40N6O3. The molecule has 0 aliphatic carbocycles. The summed E-state index contributed by atoms with van der Waals surface area (Å²) in [5.74, 6) is 0.354. The van der Waals surface area contributed by atoms with Crippen LogP contribution in [0.2, 0.25) is 0 Å². The lowest BCUT2D eigenvalue weighted by atomic mass is 9.99. The molecule has 2 atom stereocenters. The van der Waals surface area contributed by atoms with Gasteiger partial charge in [0.2, 0.25) is 17.8 Å². The maximum atomic E-state index is 14.0. The number of carbonyl (C=O) groups is 2. The Kier molecular flexibility index (Phi) is 9.23. The van der Waals surface area contributed by atoms with Gasteiger partial charge in [-0.15, -0.1) is 0 Å². The molecule has 0 fully saturated rings. The number of hydrogen-bond acceptors (Lipinski definition) is 6. The molecule has 9 heteroatoms. The smallest absolute Gasteiger partial charge is 0.249 e. The van der Waals surface area contributed by atoms with Crippen LogP contribution >= 0.6 is 0 Å². The van der Waals surface area contributed by atoms with E-state index in [9.17, 15) is 14.7 Å². The van der Waals surface area contributed by atoms with Crippen LogP contribution in [0, 0.1) is 0 Å². The lowest BCUT2D eigenvalue weighted by Gasteiger charge is -2.29.